The minimum Gasteiger partial charge on any atom is -0.394 e. The van der Waals surface area contributed by atoms with Crippen molar-refractivity contribution in [3.63, 3.8) is 0 Å². The Labute approximate surface area is 369 Å². The van der Waals surface area contributed by atoms with Gasteiger partial charge in [0.2, 0.25) is 5.91 Å². The van der Waals surface area contributed by atoms with Crippen LogP contribution in [0.4, 0.5) is 0 Å². The maximum absolute atomic E-state index is 13.0. The first-order valence-corrected chi connectivity index (χ1v) is 25.9. The third-order valence-electron chi connectivity index (χ3n) is 12.6. The molecule has 1 rings (SSSR count). The molecule has 9 nitrogen and oxygen atoms in total. The van der Waals surface area contributed by atoms with Crippen LogP contribution in [0.25, 0.3) is 0 Å². The normalized spacial score (nSPS) is 20.6. The van der Waals surface area contributed by atoms with Crippen LogP contribution in [0.15, 0.2) is 12.2 Å². The second-order valence-corrected chi connectivity index (χ2v) is 18.3. The number of aliphatic hydroxyl groups is 5. The summed E-state index contributed by atoms with van der Waals surface area (Å²) in [5.41, 5.74) is 0. The van der Waals surface area contributed by atoms with Crippen molar-refractivity contribution in [3.05, 3.63) is 12.2 Å². The summed E-state index contributed by atoms with van der Waals surface area (Å²) in [4.78, 5) is 13.0. The first kappa shape index (κ1) is 56.9. The number of nitrogens with one attached hydrogen (secondary N) is 1. The Morgan fingerprint density at radius 2 is 0.933 bits per heavy atom. The van der Waals surface area contributed by atoms with Crippen LogP contribution in [0, 0.1) is 0 Å². The Hall–Kier alpha value is -1.07. The zero-order valence-electron chi connectivity index (χ0n) is 39.2. The highest BCUT2D eigenvalue weighted by atomic mass is 16.7. The third kappa shape index (κ3) is 31.7. The van der Waals surface area contributed by atoms with Crippen molar-refractivity contribution >= 4 is 5.91 Å². The lowest BCUT2D eigenvalue weighted by molar-refractivity contribution is -0.302. The Balaban J connectivity index is 2.15. The molecule has 0 spiro atoms. The van der Waals surface area contributed by atoms with E-state index in [4.69, 9.17) is 9.47 Å². The molecule has 7 unspecified atom stereocenters. The van der Waals surface area contributed by atoms with Gasteiger partial charge in [0.15, 0.2) is 6.29 Å². The van der Waals surface area contributed by atoms with E-state index >= 15 is 0 Å². The van der Waals surface area contributed by atoms with Crippen molar-refractivity contribution in [1.29, 1.82) is 0 Å². The largest absolute Gasteiger partial charge is 0.394 e. The maximum Gasteiger partial charge on any atom is 0.220 e. The zero-order valence-corrected chi connectivity index (χ0v) is 39.2. The average molecular weight is 854 g/mol. The predicted molar refractivity (Wildman–Crippen MR) is 249 cm³/mol. The zero-order chi connectivity index (χ0) is 43.7. The molecule has 9 heteroatoms. The highest BCUT2D eigenvalue weighted by molar-refractivity contribution is 5.76. The molecule has 1 saturated heterocycles. The molecule has 356 valence electrons. The van der Waals surface area contributed by atoms with Crippen LogP contribution >= 0.6 is 0 Å². The van der Waals surface area contributed by atoms with Gasteiger partial charge in [-0.15, -0.1) is 0 Å². The quantitative estimate of drug-likeness (QED) is 0.0262. The lowest BCUT2D eigenvalue weighted by Gasteiger charge is -2.40. The van der Waals surface area contributed by atoms with Gasteiger partial charge in [-0.2, -0.15) is 0 Å². The first-order chi connectivity index (χ1) is 29.3. The Morgan fingerprint density at radius 3 is 1.35 bits per heavy atom. The lowest BCUT2D eigenvalue weighted by atomic mass is 9.99. The number of carbonyl (C=O) groups excluding carboxylic acids is 1. The first-order valence-electron chi connectivity index (χ1n) is 25.9. The monoisotopic (exact) mass is 854 g/mol. The highest BCUT2D eigenvalue weighted by Gasteiger charge is 2.44. The van der Waals surface area contributed by atoms with Crippen LogP contribution in [0.1, 0.15) is 251 Å². The molecule has 1 amide bonds. The second kappa shape index (κ2) is 41.9. The Morgan fingerprint density at radius 1 is 0.550 bits per heavy atom. The second-order valence-electron chi connectivity index (χ2n) is 18.3. The number of allylic oxidation sites excluding steroid dienone is 2. The number of hydrogen-bond donors (Lipinski definition) is 6. The van der Waals surface area contributed by atoms with Gasteiger partial charge < -0.3 is 40.3 Å². The standard InChI is InChI=1S/C51H99NO8/c1-3-5-7-9-11-13-15-16-17-18-19-20-21-22-23-24-25-26-27-28-29-30-31-33-35-37-39-41-47(55)52-44(43-59-51-50(58)49(57)48(56)46(42-53)60-51)45(54)40-38-36-34-32-14-12-10-8-6-4-2/h22-23,44-46,48-51,53-54,56-58H,3-21,24-43H2,1-2H3,(H,52,55)/b23-22-. The molecule has 0 aromatic rings. The van der Waals surface area contributed by atoms with Crippen molar-refractivity contribution in [3.8, 4) is 0 Å². The highest BCUT2D eigenvalue weighted by Crippen LogP contribution is 2.23. The third-order valence-corrected chi connectivity index (χ3v) is 12.6. The van der Waals surface area contributed by atoms with Crippen LogP contribution in [0.2, 0.25) is 0 Å². The molecule has 6 N–H and O–H groups in total. The molecule has 0 aliphatic carbocycles. The fraction of sp³-hybridized carbons (Fsp3) is 0.941. The van der Waals surface area contributed by atoms with E-state index in [2.05, 4.69) is 31.3 Å². The predicted octanol–water partition coefficient (Wildman–Crippen LogP) is 11.7. The molecule has 0 aromatic carbocycles. The minimum absolute atomic E-state index is 0.135. The van der Waals surface area contributed by atoms with Crippen LogP contribution < -0.4 is 5.32 Å². The Kier molecular flexibility index (Phi) is 39.8. The number of hydrogen-bond acceptors (Lipinski definition) is 8. The van der Waals surface area contributed by atoms with Crippen LogP contribution in [0.5, 0.6) is 0 Å². The molecular formula is C51H99NO8. The molecular weight excluding hydrogens is 755 g/mol. The smallest absolute Gasteiger partial charge is 0.220 e. The van der Waals surface area contributed by atoms with Crippen molar-refractivity contribution in [1.82, 2.24) is 5.32 Å². The molecule has 1 fully saturated rings. The molecule has 1 aliphatic rings. The summed E-state index contributed by atoms with van der Waals surface area (Å²) in [5, 5.41) is 54.3. The molecule has 1 aliphatic heterocycles. The number of ether oxygens (including phenoxy) is 2. The number of amides is 1. The van der Waals surface area contributed by atoms with Gasteiger partial charge in [0.25, 0.3) is 0 Å². The van der Waals surface area contributed by atoms with E-state index in [0.717, 1.165) is 38.5 Å². The lowest BCUT2D eigenvalue weighted by Crippen LogP contribution is -2.60. The number of carbonyl (C=O) groups is 1. The summed E-state index contributed by atoms with van der Waals surface area (Å²) >= 11 is 0. The van der Waals surface area contributed by atoms with Gasteiger partial charge in [-0.25, -0.2) is 0 Å². The van der Waals surface area contributed by atoms with Gasteiger partial charge in [0, 0.05) is 6.42 Å². The SMILES string of the molecule is CCCCCCCCCCCCCC/C=C\CCCCCCCCCCCCCC(=O)NC(COC1OC(CO)C(O)C(O)C1O)C(O)CCCCCCCCCCCC. The fourth-order valence-corrected chi connectivity index (χ4v) is 8.45. The summed E-state index contributed by atoms with van der Waals surface area (Å²) in [5.74, 6) is -0.144. The summed E-state index contributed by atoms with van der Waals surface area (Å²) in [6, 6.07) is -0.714. The molecule has 0 bridgehead atoms. The van der Waals surface area contributed by atoms with Gasteiger partial charge in [0.1, 0.15) is 24.4 Å². The van der Waals surface area contributed by atoms with Gasteiger partial charge in [-0.1, -0.05) is 219 Å². The van der Waals surface area contributed by atoms with Gasteiger partial charge >= 0.3 is 0 Å². The summed E-state index contributed by atoms with van der Waals surface area (Å²) < 4.78 is 11.3. The summed E-state index contributed by atoms with van der Waals surface area (Å²) in [7, 11) is 0. The molecule has 1 heterocycles. The van der Waals surface area contributed by atoms with Gasteiger partial charge in [-0.3, -0.25) is 4.79 Å². The molecule has 0 saturated carbocycles. The van der Waals surface area contributed by atoms with E-state index in [-0.39, 0.29) is 12.5 Å². The van der Waals surface area contributed by atoms with Gasteiger partial charge in [0.05, 0.1) is 25.4 Å². The van der Waals surface area contributed by atoms with Crippen LogP contribution in [0.3, 0.4) is 0 Å². The molecule has 0 radical (unpaired) electrons. The molecule has 0 aromatic heterocycles. The van der Waals surface area contributed by atoms with Gasteiger partial charge in [-0.05, 0) is 38.5 Å². The minimum atomic E-state index is -1.55. The number of aliphatic hydroxyl groups excluding tert-OH is 5. The van der Waals surface area contributed by atoms with E-state index in [0.29, 0.717) is 12.8 Å². The van der Waals surface area contributed by atoms with Crippen molar-refractivity contribution in [2.24, 2.45) is 0 Å². The summed E-state index contributed by atoms with van der Waals surface area (Å²) in [6.45, 7) is 3.83. The molecule has 7 atom stereocenters. The average Bonchev–Trinajstić information content (AvgIpc) is 3.25. The van der Waals surface area contributed by atoms with Crippen molar-refractivity contribution < 1.29 is 39.8 Å². The topological polar surface area (TPSA) is 149 Å². The maximum atomic E-state index is 13.0. The number of unbranched alkanes of at least 4 members (excludes halogenated alkanes) is 32. The van der Waals surface area contributed by atoms with Crippen molar-refractivity contribution in [2.75, 3.05) is 13.2 Å². The van der Waals surface area contributed by atoms with E-state index in [1.54, 1.807) is 0 Å². The summed E-state index contributed by atoms with van der Waals surface area (Å²) in [6.07, 6.45) is 42.5. The van der Waals surface area contributed by atoms with E-state index in [1.807, 2.05) is 0 Å². The molecule has 60 heavy (non-hydrogen) atoms. The van der Waals surface area contributed by atoms with Crippen molar-refractivity contribution in [2.45, 2.75) is 294 Å². The van der Waals surface area contributed by atoms with Crippen LogP contribution in [-0.4, -0.2) is 87.5 Å². The fourth-order valence-electron chi connectivity index (χ4n) is 8.45. The van der Waals surface area contributed by atoms with E-state index in [9.17, 15) is 30.3 Å². The number of rotatable bonds is 44. The van der Waals surface area contributed by atoms with Crippen LogP contribution in [-0.2, 0) is 14.3 Å². The Bertz CT molecular complexity index is 950. The van der Waals surface area contributed by atoms with E-state index in [1.165, 1.54) is 186 Å². The van der Waals surface area contributed by atoms with E-state index < -0.39 is 49.5 Å².